The Kier molecular flexibility index (Phi) is 7.92. The van der Waals surface area contributed by atoms with E-state index in [1.807, 2.05) is 24.7 Å². The van der Waals surface area contributed by atoms with Crippen LogP contribution in [0.15, 0.2) is 40.2 Å². The van der Waals surface area contributed by atoms with Crippen molar-refractivity contribution in [2.45, 2.75) is 13.8 Å². The maximum Gasteiger partial charge on any atom is 0.348 e. The minimum absolute atomic E-state index is 0.263. The highest BCUT2D eigenvalue weighted by Gasteiger charge is 2.20. The van der Waals surface area contributed by atoms with Crippen molar-refractivity contribution in [3.63, 3.8) is 0 Å². The second-order valence-corrected chi connectivity index (χ2v) is 9.49. The first-order chi connectivity index (χ1) is 12.5. The first-order valence-corrected chi connectivity index (χ1v) is 10.5. The molecule has 0 amide bonds. The molecule has 0 aliphatic carbocycles. The quantitative estimate of drug-likeness (QED) is 0.368. The van der Waals surface area contributed by atoms with Gasteiger partial charge in [0.15, 0.2) is 0 Å². The van der Waals surface area contributed by atoms with Crippen LogP contribution in [0.3, 0.4) is 0 Å². The van der Waals surface area contributed by atoms with Crippen LogP contribution in [-0.2, 0) is 19.1 Å². The number of ether oxygens (including phenoxy) is 2. The fourth-order valence-corrected chi connectivity index (χ4v) is 5.89. The molecule has 2 aliphatic rings. The lowest BCUT2D eigenvalue weighted by Crippen LogP contribution is -2.04. The highest BCUT2D eigenvalue weighted by atomic mass is 32.2. The zero-order chi connectivity index (χ0) is 19.1. The van der Waals surface area contributed by atoms with Crippen LogP contribution in [-0.4, -0.2) is 26.2 Å². The molecule has 0 saturated carbocycles. The monoisotopic (exact) mass is 422 g/mol. The molecule has 0 saturated heterocycles. The molecule has 0 aromatic heterocycles. The molecule has 0 radical (unpaired) electrons. The molecule has 2 rings (SSSR count). The van der Waals surface area contributed by atoms with E-state index in [1.54, 1.807) is 0 Å². The lowest BCUT2D eigenvalue weighted by molar-refractivity contribution is -0.136. The topological polar surface area (TPSA) is 52.6 Å². The van der Waals surface area contributed by atoms with E-state index in [2.05, 4.69) is 23.7 Å². The van der Waals surface area contributed by atoms with Crippen molar-refractivity contribution in [2.24, 2.45) is 0 Å². The third-order valence-electron chi connectivity index (χ3n) is 2.80. The number of hydrogen-bond donors (Lipinski definition) is 0. The van der Waals surface area contributed by atoms with Gasteiger partial charge in [0.05, 0.1) is 22.7 Å². The van der Waals surface area contributed by atoms with Gasteiger partial charge in [-0.15, -0.1) is 0 Å². The predicted octanol–water partition coefficient (Wildman–Crippen LogP) is 4.45. The highest BCUT2D eigenvalue weighted by molar-refractivity contribution is 8.28. The van der Waals surface area contributed by atoms with Gasteiger partial charge in [-0.2, -0.15) is 0 Å². The molecule has 0 bridgehead atoms. The number of allylic oxidation sites excluding steroid dienone is 2. The van der Waals surface area contributed by atoms with Gasteiger partial charge in [-0.25, -0.2) is 9.59 Å². The van der Waals surface area contributed by atoms with Gasteiger partial charge in [-0.3, -0.25) is 0 Å². The molecule has 2 heterocycles. The van der Waals surface area contributed by atoms with Gasteiger partial charge < -0.3 is 9.47 Å². The Labute approximate surface area is 169 Å². The highest BCUT2D eigenvalue weighted by Crippen LogP contribution is 2.45. The summed E-state index contributed by atoms with van der Waals surface area (Å²) in [5.41, 5.74) is 0.526. The van der Waals surface area contributed by atoms with Gasteiger partial charge in [0.25, 0.3) is 0 Å². The Bertz CT molecular complexity index is 812. The zero-order valence-electron chi connectivity index (χ0n) is 14.4. The Morgan fingerprint density at radius 3 is 1.46 bits per heavy atom. The van der Waals surface area contributed by atoms with Crippen molar-refractivity contribution in [3.8, 4) is 23.7 Å². The summed E-state index contributed by atoms with van der Waals surface area (Å²) in [7, 11) is 2.62. The molecule has 0 unspecified atom stereocenters. The van der Waals surface area contributed by atoms with Crippen LogP contribution in [0.25, 0.3) is 0 Å². The fraction of sp³-hybridized carbons (Fsp3) is 0.222. The number of rotatable bonds is 2. The summed E-state index contributed by atoms with van der Waals surface area (Å²) in [6.45, 7) is 3.91. The van der Waals surface area contributed by atoms with E-state index in [0.717, 1.165) is 18.3 Å². The maximum absolute atomic E-state index is 12.0. The number of carbonyl (C=O) groups is 2. The van der Waals surface area contributed by atoms with Crippen molar-refractivity contribution >= 4 is 59.0 Å². The summed E-state index contributed by atoms with van der Waals surface area (Å²) in [6.07, 6.45) is 0. The van der Waals surface area contributed by atoms with Crippen LogP contribution >= 0.6 is 47.0 Å². The summed E-state index contributed by atoms with van der Waals surface area (Å²) in [4.78, 5) is 26.1. The van der Waals surface area contributed by atoms with Gasteiger partial charge in [0.1, 0.15) is 11.1 Å². The summed E-state index contributed by atoms with van der Waals surface area (Å²) >= 11 is 5.79. The molecule has 4 nitrogen and oxygen atoms in total. The van der Waals surface area contributed by atoms with Gasteiger partial charge in [0, 0.05) is 0 Å². The summed E-state index contributed by atoms with van der Waals surface area (Å²) in [6, 6.07) is 0. The van der Waals surface area contributed by atoms with Crippen molar-refractivity contribution in [1.82, 2.24) is 0 Å². The Balaban J connectivity index is 2.29. The fourth-order valence-electron chi connectivity index (χ4n) is 1.64. The Hall–Kier alpha value is -1.58. The zero-order valence-corrected chi connectivity index (χ0v) is 17.7. The predicted molar refractivity (Wildman–Crippen MR) is 112 cm³/mol. The second-order valence-electron chi connectivity index (χ2n) is 4.70. The third kappa shape index (κ3) is 5.46. The van der Waals surface area contributed by atoms with E-state index < -0.39 is 11.9 Å². The molecule has 0 aromatic rings. The second kappa shape index (κ2) is 9.94. The molecule has 0 spiro atoms. The molecule has 0 aromatic carbocycles. The minimum atomic E-state index is -0.509. The molecule has 0 atom stereocenters. The van der Waals surface area contributed by atoms with E-state index in [1.165, 1.54) is 61.3 Å². The molecule has 0 fully saturated rings. The van der Waals surface area contributed by atoms with Crippen LogP contribution in [0, 0.1) is 23.7 Å². The third-order valence-corrected chi connectivity index (χ3v) is 7.61. The van der Waals surface area contributed by atoms with Crippen LogP contribution in [0.5, 0.6) is 0 Å². The summed E-state index contributed by atoms with van der Waals surface area (Å²) in [5, 5.41) is 3.89. The number of esters is 2. The largest absolute Gasteiger partial charge is 0.465 e. The first-order valence-electron chi connectivity index (χ1n) is 7.16. The van der Waals surface area contributed by atoms with E-state index >= 15 is 0 Å². The molecule has 2 aliphatic heterocycles. The van der Waals surface area contributed by atoms with Crippen molar-refractivity contribution in [3.05, 3.63) is 40.2 Å². The van der Waals surface area contributed by atoms with Crippen LogP contribution in [0.1, 0.15) is 13.8 Å². The van der Waals surface area contributed by atoms with Gasteiger partial charge in [-0.05, 0) is 58.2 Å². The average Bonchev–Trinajstić information content (AvgIpc) is 3.25. The van der Waals surface area contributed by atoms with E-state index in [-0.39, 0.29) is 11.1 Å². The Morgan fingerprint density at radius 2 is 1.19 bits per heavy atom. The van der Waals surface area contributed by atoms with Crippen LogP contribution < -0.4 is 0 Å². The average molecular weight is 423 g/mol. The maximum atomic E-state index is 12.0. The van der Waals surface area contributed by atoms with Gasteiger partial charge >= 0.3 is 11.9 Å². The molecule has 26 heavy (non-hydrogen) atoms. The van der Waals surface area contributed by atoms with E-state index in [4.69, 9.17) is 9.47 Å². The lowest BCUT2D eigenvalue weighted by atomic mass is 10.3. The van der Waals surface area contributed by atoms with Crippen LogP contribution in [0.2, 0.25) is 0 Å². The van der Waals surface area contributed by atoms with E-state index in [9.17, 15) is 9.59 Å². The first kappa shape index (κ1) is 20.7. The number of carbonyl (C=O) groups excluding carboxylic acids is 2. The Morgan fingerprint density at radius 1 is 0.808 bits per heavy atom. The SMILES string of the molecule is COC(=O)/C(C#CC#C/C(C(=O)OC)=C1/SC=C(C)S1)=C1/SC=C(C)S1. The summed E-state index contributed by atoms with van der Waals surface area (Å²) in [5.74, 6) is 9.76. The smallest absolute Gasteiger partial charge is 0.348 e. The molecular formula is C18H14O4S4. The molecule has 8 heteroatoms. The number of methoxy groups -OCH3 is 2. The van der Waals surface area contributed by atoms with Gasteiger partial charge in [0.2, 0.25) is 0 Å². The van der Waals surface area contributed by atoms with E-state index in [0.29, 0.717) is 0 Å². The molecule has 0 N–H and O–H groups in total. The normalized spacial score (nSPS) is 19.2. The van der Waals surface area contributed by atoms with Crippen molar-refractivity contribution in [2.75, 3.05) is 14.2 Å². The number of hydrogen-bond acceptors (Lipinski definition) is 8. The molecular weight excluding hydrogens is 408 g/mol. The molecule has 134 valence electrons. The number of thioether (sulfide) groups is 4. The standard InChI is InChI=1S/C18H14O4S4/c1-11-9-23-17(25-11)13(15(19)21-3)7-5-6-8-14(16(20)22-4)18-24-10-12(2)26-18/h9-10H,1-4H3/b17-13-,18-14+. The minimum Gasteiger partial charge on any atom is -0.465 e. The van der Waals surface area contributed by atoms with Gasteiger partial charge in [-0.1, -0.05) is 47.0 Å². The lowest BCUT2D eigenvalue weighted by Gasteiger charge is -2.01. The summed E-state index contributed by atoms with van der Waals surface area (Å²) < 4.78 is 11.1. The van der Waals surface area contributed by atoms with Crippen molar-refractivity contribution < 1.29 is 19.1 Å². The van der Waals surface area contributed by atoms with Crippen molar-refractivity contribution in [1.29, 1.82) is 0 Å². The van der Waals surface area contributed by atoms with Crippen LogP contribution in [0.4, 0.5) is 0 Å².